The van der Waals surface area contributed by atoms with Crippen molar-refractivity contribution in [3.63, 3.8) is 0 Å². The topological polar surface area (TPSA) is 44.8 Å². The van der Waals surface area contributed by atoms with Crippen LogP contribution in [0.2, 0.25) is 0 Å². The Morgan fingerprint density at radius 1 is 0.947 bits per heavy atom. The van der Waals surface area contributed by atoms with Crippen LogP contribution in [0.15, 0.2) is 54.6 Å². The van der Waals surface area contributed by atoms with Gasteiger partial charge in [-0.1, -0.05) is 36.4 Å². The maximum atomic E-state index is 13.0. The molecule has 1 N–H and O–H groups in total. The van der Waals surface area contributed by atoms with Gasteiger partial charge in [0, 0.05) is 26.1 Å². The van der Waals surface area contributed by atoms with Crippen molar-refractivity contribution in [2.24, 2.45) is 5.92 Å². The van der Waals surface area contributed by atoms with E-state index in [4.69, 9.17) is 4.74 Å². The van der Waals surface area contributed by atoms with Crippen molar-refractivity contribution < 1.29 is 13.9 Å². The minimum absolute atomic E-state index is 0. The molecule has 2 heterocycles. The average molecular weight is 567 g/mol. The Bertz CT molecular complexity index is 958. The van der Waals surface area contributed by atoms with E-state index in [1.165, 1.54) is 43.6 Å². The zero-order valence-corrected chi connectivity index (χ0v) is 23.8. The first kappa shape index (κ1) is 32.1. The molecule has 0 spiro atoms. The van der Waals surface area contributed by atoms with Gasteiger partial charge in [0.05, 0.1) is 6.61 Å². The Morgan fingerprint density at radius 2 is 1.63 bits per heavy atom. The van der Waals surface area contributed by atoms with E-state index in [2.05, 4.69) is 51.5 Å². The molecule has 2 fully saturated rings. The van der Waals surface area contributed by atoms with Gasteiger partial charge < -0.3 is 15.0 Å². The molecule has 2 aromatic rings. The van der Waals surface area contributed by atoms with Gasteiger partial charge in [-0.15, -0.1) is 24.8 Å². The second-order valence-electron chi connectivity index (χ2n) is 10.1. The zero-order valence-electron chi connectivity index (χ0n) is 22.2. The van der Waals surface area contributed by atoms with Crippen molar-refractivity contribution >= 4 is 36.8 Å². The molecule has 1 amide bonds. The van der Waals surface area contributed by atoms with Crippen LogP contribution >= 0.6 is 24.8 Å². The molecule has 0 radical (unpaired) electrons. The Balaban J connectivity index is 0.00000253. The Kier molecular flexibility index (Phi) is 14.8. The lowest BCUT2D eigenvalue weighted by molar-refractivity contribution is -0.122. The second-order valence-corrected chi connectivity index (χ2v) is 10.1. The number of rotatable bonds is 12. The van der Waals surface area contributed by atoms with Crippen LogP contribution in [-0.4, -0.2) is 61.6 Å². The van der Waals surface area contributed by atoms with Crippen LogP contribution in [0.5, 0.6) is 5.75 Å². The normalized spacial score (nSPS) is 16.7. The van der Waals surface area contributed by atoms with E-state index in [9.17, 15) is 9.18 Å². The summed E-state index contributed by atoms with van der Waals surface area (Å²) in [4.78, 5) is 17.3. The van der Waals surface area contributed by atoms with Gasteiger partial charge in [0.15, 0.2) is 0 Å². The summed E-state index contributed by atoms with van der Waals surface area (Å²) in [5.74, 6) is 1.20. The van der Waals surface area contributed by atoms with Crippen LogP contribution in [-0.2, 0) is 11.3 Å². The number of hydrogen-bond acceptors (Lipinski definition) is 4. The molecule has 0 aliphatic carbocycles. The van der Waals surface area contributed by atoms with Crippen LogP contribution in [0.4, 0.5) is 4.39 Å². The van der Waals surface area contributed by atoms with E-state index in [0.29, 0.717) is 18.9 Å². The highest BCUT2D eigenvalue weighted by Gasteiger charge is 2.20. The largest absolute Gasteiger partial charge is 0.494 e. The monoisotopic (exact) mass is 565 g/mol. The highest BCUT2D eigenvalue weighted by atomic mass is 35.5. The first-order valence-corrected chi connectivity index (χ1v) is 13.5. The summed E-state index contributed by atoms with van der Waals surface area (Å²) in [5, 5.41) is 2.96. The van der Waals surface area contributed by atoms with Crippen molar-refractivity contribution in [2.45, 2.75) is 45.1 Å². The average Bonchev–Trinajstić information content (AvgIpc) is 3.42. The van der Waals surface area contributed by atoms with Crippen molar-refractivity contribution in [1.29, 1.82) is 0 Å². The first-order chi connectivity index (χ1) is 17.6. The molecule has 2 aromatic carbocycles. The number of halogens is 3. The predicted molar refractivity (Wildman–Crippen MR) is 158 cm³/mol. The molecule has 38 heavy (non-hydrogen) atoms. The highest BCUT2D eigenvalue weighted by Crippen LogP contribution is 2.21. The second kappa shape index (κ2) is 17.5. The van der Waals surface area contributed by atoms with Gasteiger partial charge in [0.25, 0.3) is 0 Å². The summed E-state index contributed by atoms with van der Waals surface area (Å²) in [5.41, 5.74) is 2.11. The number of carbonyl (C=O) groups excluding carboxylic acids is 1. The number of benzene rings is 2. The maximum Gasteiger partial charge on any atom is 0.220 e. The molecule has 0 atom stereocenters. The van der Waals surface area contributed by atoms with E-state index in [-0.39, 0.29) is 36.5 Å². The van der Waals surface area contributed by atoms with Crippen LogP contribution in [0, 0.1) is 11.7 Å². The quantitative estimate of drug-likeness (QED) is 0.322. The summed E-state index contributed by atoms with van der Waals surface area (Å²) in [6, 6.07) is 14.6. The van der Waals surface area contributed by atoms with Crippen LogP contribution in [0.1, 0.15) is 49.7 Å². The molecule has 2 aliphatic heterocycles. The van der Waals surface area contributed by atoms with E-state index >= 15 is 0 Å². The van der Waals surface area contributed by atoms with Gasteiger partial charge in [0.1, 0.15) is 11.6 Å². The lowest BCUT2D eigenvalue weighted by Gasteiger charge is -2.30. The molecule has 0 saturated carbocycles. The summed E-state index contributed by atoms with van der Waals surface area (Å²) in [7, 11) is 0. The number of hydrogen-bond donors (Lipinski definition) is 1. The Labute approximate surface area is 239 Å². The molecule has 8 heteroatoms. The Morgan fingerprint density at radius 3 is 2.32 bits per heavy atom. The van der Waals surface area contributed by atoms with Crippen LogP contribution in [0.3, 0.4) is 0 Å². The number of carbonyl (C=O) groups is 1. The molecule has 5 nitrogen and oxygen atoms in total. The van der Waals surface area contributed by atoms with Crippen molar-refractivity contribution in [1.82, 2.24) is 15.1 Å². The molecular formula is C30H42Cl2FN3O2. The molecule has 0 bridgehead atoms. The van der Waals surface area contributed by atoms with Gasteiger partial charge in [-0.05, 0) is 99.6 Å². The number of ether oxygens (including phenoxy) is 1. The molecule has 2 saturated heterocycles. The third-order valence-electron chi connectivity index (χ3n) is 7.22. The minimum Gasteiger partial charge on any atom is -0.494 e. The number of likely N-dealkylation sites (tertiary alicyclic amines) is 2. The zero-order chi connectivity index (χ0) is 25.0. The van der Waals surface area contributed by atoms with Gasteiger partial charge >= 0.3 is 0 Å². The summed E-state index contributed by atoms with van der Waals surface area (Å²) in [6.45, 7) is 7.83. The van der Waals surface area contributed by atoms with Gasteiger partial charge in [-0.25, -0.2) is 4.39 Å². The van der Waals surface area contributed by atoms with E-state index in [1.807, 2.05) is 0 Å². The number of amides is 1. The molecular weight excluding hydrogens is 524 g/mol. The molecule has 0 unspecified atom stereocenters. The molecule has 2 aliphatic rings. The van der Waals surface area contributed by atoms with Crippen LogP contribution in [0.25, 0.3) is 6.08 Å². The number of nitrogens with one attached hydrogen (secondary N) is 1. The summed E-state index contributed by atoms with van der Waals surface area (Å²) < 4.78 is 18.9. The maximum absolute atomic E-state index is 13.0. The highest BCUT2D eigenvalue weighted by molar-refractivity contribution is 5.85. The predicted octanol–water partition coefficient (Wildman–Crippen LogP) is 5.97. The molecule has 0 aromatic heterocycles. The lowest BCUT2D eigenvalue weighted by atomic mass is 9.93. The van der Waals surface area contributed by atoms with E-state index < -0.39 is 0 Å². The Hall–Kier alpha value is -2.12. The first-order valence-electron chi connectivity index (χ1n) is 13.5. The van der Waals surface area contributed by atoms with Crippen molar-refractivity contribution in [3.8, 4) is 5.75 Å². The van der Waals surface area contributed by atoms with Crippen LogP contribution < -0.4 is 10.1 Å². The minimum atomic E-state index is -0.256. The molecule has 4 rings (SSSR count). The fourth-order valence-corrected chi connectivity index (χ4v) is 5.01. The SMILES string of the molecule is Cl.Cl.O=C(CC1CCN(C/C=C/c2ccc(OCCCN3CCCC3)cc2)CC1)NCc1ccc(F)cc1. The van der Waals surface area contributed by atoms with E-state index in [0.717, 1.165) is 63.4 Å². The number of nitrogens with zero attached hydrogens (tertiary/aromatic N) is 2. The summed E-state index contributed by atoms with van der Waals surface area (Å²) >= 11 is 0. The van der Waals surface area contributed by atoms with Gasteiger partial charge in [-0.2, -0.15) is 0 Å². The van der Waals surface area contributed by atoms with E-state index in [1.54, 1.807) is 12.1 Å². The van der Waals surface area contributed by atoms with Crippen molar-refractivity contribution in [3.05, 3.63) is 71.6 Å². The van der Waals surface area contributed by atoms with Gasteiger partial charge in [-0.3, -0.25) is 9.69 Å². The third kappa shape index (κ3) is 11.3. The number of piperidine rings is 1. The molecule has 210 valence electrons. The van der Waals surface area contributed by atoms with Gasteiger partial charge in [0.2, 0.25) is 5.91 Å². The third-order valence-corrected chi connectivity index (χ3v) is 7.22. The standard InChI is InChI=1S/C30H40FN3O2.2ClH/c31-28-10-6-27(7-11-28)24-32-30(35)23-26-14-20-34(21-15-26)18-3-5-25-8-12-29(13-9-25)36-22-4-19-33-16-1-2-17-33;;/h3,5-13,26H,1-2,4,14-24H2,(H,32,35);2*1H/b5-3+;;. The summed E-state index contributed by atoms with van der Waals surface area (Å²) in [6.07, 6.45) is 10.8. The lowest BCUT2D eigenvalue weighted by Crippen LogP contribution is -2.35. The smallest absolute Gasteiger partial charge is 0.220 e. The fraction of sp³-hybridized carbons (Fsp3) is 0.500. The fourth-order valence-electron chi connectivity index (χ4n) is 5.01. The van der Waals surface area contributed by atoms with Crippen molar-refractivity contribution in [2.75, 3.05) is 45.9 Å².